The van der Waals surface area contributed by atoms with E-state index >= 15 is 0 Å². The van der Waals surface area contributed by atoms with Crippen LogP contribution in [0, 0.1) is 0 Å². The molecule has 1 unspecified atom stereocenters. The predicted octanol–water partition coefficient (Wildman–Crippen LogP) is 3.98. The van der Waals surface area contributed by atoms with E-state index in [2.05, 4.69) is 15.2 Å². The van der Waals surface area contributed by atoms with Crippen LogP contribution >= 0.6 is 11.3 Å². The van der Waals surface area contributed by atoms with Crippen molar-refractivity contribution in [2.24, 2.45) is 0 Å². The molecule has 2 aromatic rings. The summed E-state index contributed by atoms with van der Waals surface area (Å²) in [7, 11) is 0. The summed E-state index contributed by atoms with van der Waals surface area (Å²) in [6.45, 7) is 3.73. The van der Waals surface area contributed by atoms with Gasteiger partial charge in [-0.15, -0.1) is 0 Å². The number of likely N-dealkylation sites (tertiary alicyclic amines) is 1. The van der Waals surface area contributed by atoms with E-state index in [1.54, 1.807) is 0 Å². The summed E-state index contributed by atoms with van der Waals surface area (Å²) in [6.07, 6.45) is -1.19. The van der Waals surface area contributed by atoms with Crippen LogP contribution in [-0.4, -0.2) is 48.3 Å². The van der Waals surface area contributed by atoms with Crippen molar-refractivity contribution in [2.75, 3.05) is 31.6 Å². The third-order valence-electron chi connectivity index (χ3n) is 4.99. The van der Waals surface area contributed by atoms with Crippen molar-refractivity contribution in [1.29, 1.82) is 0 Å². The van der Waals surface area contributed by atoms with Gasteiger partial charge < -0.3 is 10.1 Å². The standard InChI is InChI=1S/C17H20F3N3OS/c18-17(19,20)11-1-2-15-14(9-11)22-16(25-15)21-12-3-6-23(7-4-12)13-5-8-24-10-13/h1-2,9,12-13H,3-8,10H2,(H,21,22). The monoisotopic (exact) mass is 371 g/mol. The summed E-state index contributed by atoms with van der Waals surface area (Å²) in [5.74, 6) is 0. The van der Waals surface area contributed by atoms with Crippen LogP contribution in [0.4, 0.5) is 18.3 Å². The lowest BCUT2D eigenvalue weighted by atomic mass is 10.0. The Morgan fingerprint density at radius 1 is 1.20 bits per heavy atom. The van der Waals surface area contributed by atoms with Gasteiger partial charge in [0.25, 0.3) is 0 Å². The molecule has 2 aliphatic rings. The molecule has 0 spiro atoms. The van der Waals surface area contributed by atoms with Crippen molar-refractivity contribution in [3.05, 3.63) is 23.8 Å². The van der Waals surface area contributed by atoms with Crippen molar-refractivity contribution in [2.45, 2.75) is 37.5 Å². The molecule has 4 rings (SSSR count). The number of hydrogen-bond acceptors (Lipinski definition) is 5. The van der Waals surface area contributed by atoms with Crippen molar-refractivity contribution in [1.82, 2.24) is 9.88 Å². The Bertz CT molecular complexity index is 734. The van der Waals surface area contributed by atoms with Crippen LogP contribution in [0.5, 0.6) is 0 Å². The van der Waals surface area contributed by atoms with Gasteiger partial charge in [0.15, 0.2) is 5.13 Å². The number of benzene rings is 1. The Balaban J connectivity index is 1.39. The molecule has 0 amide bonds. The first-order chi connectivity index (χ1) is 12.0. The highest BCUT2D eigenvalue weighted by atomic mass is 32.1. The number of ether oxygens (including phenoxy) is 1. The number of nitrogens with zero attached hydrogens (tertiary/aromatic N) is 2. The number of alkyl halides is 3. The second-order valence-electron chi connectivity index (χ2n) is 6.67. The van der Waals surface area contributed by atoms with Crippen molar-refractivity contribution >= 4 is 26.7 Å². The summed E-state index contributed by atoms with van der Waals surface area (Å²) in [5.41, 5.74) is -0.244. The van der Waals surface area contributed by atoms with E-state index in [-0.39, 0.29) is 0 Å². The van der Waals surface area contributed by atoms with Crippen LogP contribution < -0.4 is 5.32 Å². The van der Waals surface area contributed by atoms with Crippen molar-refractivity contribution in [3.63, 3.8) is 0 Å². The highest BCUT2D eigenvalue weighted by molar-refractivity contribution is 7.22. The zero-order valence-corrected chi connectivity index (χ0v) is 14.5. The fraction of sp³-hybridized carbons (Fsp3) is 0.588. The first-order valence-electron chi connectivity index (χ1n) is 8.55. The number of anilines is 1. The summed E-state index contributed by atoms with van der Waals surface area (Å²) in [6, 6.07) is 4.61. The van der Waals surface area contributed by atoms with Crippen molar-refractivity contribution in [3.8, 4) is 0 Å². The van der Waals surface area contributed by atoms with E-state index in [0.29, 0.717) is 22.7 Å². The summed E-state index contributed by atoms with van der Waals surface area (Å²) < 4.78 is 44.6. The number of thiazole rings is 1. The van der Waals surface area contributed by atoms with Crippen LogP contribution in [0.3, 0.4) is 0 Å². The first-order valence-corrected chi connectivity index (χ1v) is 9.37. The lowest BCUT2D eigenvalue weighted by molar-refractivity contribution is -0.137. The van der Waals surface area contributed by atoms with Gasteiger partial charge in [0.2, 0.25) is 0 Å². The third-order valence-corrected chi connectivity index (χ3v) is 5.96. The maximum atomic E-state index is 12.8. The van der Waals surface area contributed by atoms with Gasteiger partial charge in [0.05, 0.1) is 22.4 Å². The average molecular weight is 371 g/mol. The van der Waals surface area contributed by atoms with E-state index in [9.17, 15) is 13.2 Å². The molecular formula is C17H20F3N3OS. The third kappa shape index (κ3) is 3.75. The van der Waals surface area contributed by atoms with Gasteiger partial charge in [-0.3, -0.25) is 4.90 Å². The van der Waals surface area contributed by atoms with Gasteiger partial charge in [-0.25, -0.2) is 4.98 Å². The molecule has 0 saturated carbocycles. The highest BCUT2D eigenvalue weighted by Gasteiger charge is 2.31. The zero-order valence-electron chi connectivity index (χ0n) is 13.7. The maximum Gasteiger partial charge on any atom is 0.416 e. The summed E-state index contributed by atoms with van der Waals surface area (Å²) in [4.78, 5) is 6.84. The number of piperidine rings is 1. The smallest absolute Gasteiger partial charge is 0.380 e. The van der Waals surface area contributed by atoms with Crippen LogP contribution in [0.25, 0.3) is 10.2 Å². The van der Waals surface area contributed by atoms with E-state index in [1.807, 2.05) is 0 Å². The maximum absolute atomic E-state index is 12.8. The normalized spacial score (nSPS) is 23.4. The average Bonchev–Trinajstić information content (AvgIpc) is 3.23. The molecule has 2 aliphatic heterocycles. The number of aromatic nitrogens is 1. The first kappa shape index (κ1) is 17.1. The minimum Gasteiger partial charge on any atom is -0.380 e. The lowest BCUT2D eigenvalue weighted by Crippen LogP contribution is -2.44. The minimum atomic E-state index is -4.33. The molecule has 0 bridgehead atoms. The fourth-order valence-corrected chi connectivity index (χ4v) is 4.48. The quantitative estimate of drug-likeness (QED) is 0.886. The fourth-order valence-electron chi connectivity index (χ4n) is 3.56. The predicted molar refractivity (Wildman–Crippen MR) is 92.1 cm³/mol. The molecular weight excluding hydrogens is 351 g/mol. The number of fused-ring (bicyclic) bond motifs is 1. The Morgan fingerprint density at radius 2 is 2.00 bits per heavy atom. The molecule has 1 N–H and O–H groups in total. The minimum absolute atomic E-state index is 0.321. The van der Waals surface area contributed by atoms with Gasteiger partial charge in [-0.1, -0.05) is 11.3 Å². The Labute approximate surface area is 148 Å². The molecule has 136 valence electrons. The van der Waals surface area contributed by atoms with Crippen LogP contribution in [0.15, 0.2) is 18.2 Å². The SMILES string of the molecule is FC(F)(F)c1ccc2sc(NC3CCN(C4CCOC4)CC3)nc2c1. The van der Waals surface area contributed by atoms with Gasteiger partial charge in [0, 0.05) is 31.8 Å². The number of halogens is 3. The van der Waals surface area contributed by atoms with Gasteiger partial charge in [-0.05, 0) is 37.5 Å². The topological polar surface area (TPSA) is 37.4 Å². The van der Waals surface area contributed by atoms with Gasteiger partial charge in [-0.2, -0.15) is 13.2 Å². The lowest BCUT2D eigenvalue weighted by Gasteiger charge is -2.35. The van der Waals surface area contributed by atoms with E-state index < -0.39 is 11.7 Å². The second kappa shape index (κ2) is 6.74. The van der Waals surface area contributed by atoms with E-state index in [4.69, 9.17) is 4.74 Å². The Hall–Kier alpha value is -1.38. The number of nitrogens with one attached hydrogen (secondary N) is 1. The molecule has 3 heterocycles. The van der Waals surface area contributed by atoms with E-state index in [0.717, 1.165) is 62.4 Å². The van der Waals surface area contributed by atoms with Gasteiger partial charge >= 0.3 is 6.18 Å². The van der Waals surface area contributed by atoms with Gasteiger partial charge in [0.1, 0.15) is 0 Å². The largest absolute Gasteiger partial charge is 0.416 e. The molecule has 8 heteroatoms. The molecule has 4 nitrogen and oxygen atoms in total. The molecule has 0 radical (unpaired) electrons. The van der Waals surface area contributed by atoms with Crippen LogP contribution in [0.2, 0.25) is 0 Å². The molecule has 1 atom stereocenters. The second-order valence-corrected chi connectivity index (χ2v) is 7.70. The zero-order chi connectivity index (χ0) is 17.4. The molecule has 2 saturated heterocycles. The number of rotatable bonds is 3. The molecule has 1 aromatic carbocycles. The van der Waals surface area contributed by atoms with Crippen LogP contribution in [-0.2, 0) is 10.9 Å². The molecule has 25 heavy (non-hydrogen) atoms. The molecule has 1 aromatic heterocycles. The van der Waals surface area contributed by atoms with Crippen LogP contribution in [0.1, 0.15) is 24.8 Å². The van der Waals surface area contributed by atoms with Crippen molar-refractivity contribution < 1.29 is 17.9 Å². The van der Waals surface area contributed by atoms with E-state index in [1.165, 1.54) is 17.4 Å². The Morgan fingerprint density at radius 3 is 2.68 bits per heavy atom. The molecule has 0 aliphatic carbocycles. The summed E-state index contributed by atoms with van der Waals surface area (Å²) in [5, 5.41) is 4.11. The highest BCUT2D eigenvalue weighted by Crippen LogP contribution is 2.34. The molecule has 2 fully saturated rings. The number of hydrogen-bond donors (Lipinski definition) is 1. The Kier molecular flexibility index (Phi) is 4.59. The summed E-state index contributed by atoms with van der Waals surface area (Å²) >= 11 is 1.41.